The molecular weight excluding hydrogens is 432 g/mol. The Morgan fingerprint density at radius 3 is 1.41 bits per heavy atom. The molecule has 0 aliphatic carbocycles. The van der Waals surface area contributed by atoms with Crippen molar-refractivity contribution in [3.05, 3.63) is 0 Å². The molecule has 15 heteroatoms. The first-order valence-electron chi connectivity index (χ1n) is 9.42. The summed E-state index contributed by atoms with van der Waals surface area (Å²) in [5.74, 6) is -7.51. The third-order valence-corrected chi connectivity index (χ3v) is 4.03. The lowest BCUT2D eigenvalue weighted by Crippen LogP contribution is -2.57. The highest BCUT2D eigenvalue weighted by atomic mass is 16.4. The van der Waals surface area contributed by atoms with Crippen LogP contribution in [0.5, 0.6) is 0 Å². The van der Waals surface area contributed by atoms with E-state index in [0.717, 1.165) is 0 Å². The van der Waals surface area contributed by atoms with Crippen LogP contribution in [0.4, 0.5) is 0 Å². The first kappa shape index (κ1) is 28.2. The molecule has 0 aromatic rings. The summed E-state index contributed by atoms with van der Waals surface area (Å²) in [7, 11) is 0. The van der Waals surface area contributed by atoms with Crippen molar-refractivity contribution < 1.29 is 43.8 Å². The second-order valence-electron chi connectivity index (χ2n) is 6.92. The van der Waals surface area contributed by atoms with Gasteiger partial charge in [-0.3, -0.25) is 28.8 Å². The molecule has 0 bridgehead atoms. The van der Waals surface area contributed by atoms with Gasteiger partial charge in [-0.1, -0.05) is 0 Å². The Bertz CT molecular complexity index is 755. The number of carbonyl (C=O) groups excluding carboxylic acids is 5. The molecule has 4 atom stereocenters. The molecule has 0 heterocycles. The SMILES string of the molecule is CC(N)C(=O)NC(CCC(N)=O)C(=O)NC(CCC(N)=O)C(=O)NC(CC(=O)O)C(=O)O. The maximum absolute atomic E-state index is 12.6. The Morgan fingerprint density at radius 2 is 1.09 bits per heavy atom. The van der Waals surface area contributed by atoms with Gasteiger partial charge >= 0.3 is 11.9 Å². The maximum atomic E-state index is 12.6. The van der Waals surface area contributed by atoms with E-state index in [1.165, 1.54) is 6.92 Å². The summed E-state index contributed by atoms with van der Waals surface area (Å²) in [6.07, 6.45) is -2.21. The number of nitrogens with one attached hydrogen (secondary N) is 3. The molecule has 0 aromatic carbocycles. The van der Waals surface area contributed by atoms with Gasteiger partial charge in [0.05, 0.1) is 12.5 Å². The van der Waals surface area contributed by atoms with Crippen LogP contribution in [0.2, 0.25) is 0 Å². The Kier molecular flexibility index (Phi) is 11.9. The zero-order chi connectivity index (χ0) is 25.0. The van der Waals surface area contributed by atoms with E-state index in [1.54, 1.807) is 0 Å². The van der Waals surface area contributed by atoms with Crippen LogP contribution < -0.4 is 33.2 Å². The van der Waals surface area contributed by atoms with Gasteiger partial charge in [0.2, 0.25) is 29.5 Å². The van der Waals surface area contributed by atoms with E-state index in [-0.39, 0.29) is 25.7 Å². The van der Waals surface area contributed by atoms with E-state index in [1.807, 2.05) is 5.32 Å². The van der Waals surface area contributed by atoms with Gasteiger partial charge in [0, 0.05) is 12.8 Å². The molecule has 0 saturated heterocycles. The van der Waals surface area contributed by atoms with E-state index < -0.39 is 72.1 Å². The summed E-state index contributed by atoms with van der Waals surface area (Å²) in [6, 6.07) is -5.65. The number of carboxylic acid groups (broad SMARTS) is 2. The molecule has 0 aliphatic heterocycles. The van der Waals surface area contributed by atoms with Gasteiger partial charge in [-0.25, -0.2) is 4.79 Å². The molecule has 0 rings (SSSR count). The number of hydrogen-bond donors (Lipinski definition) is 8. The minimum atomic E-state index is -1.81. The molecular formula is C17H28N6O9. The quantitative estimate of drug-likeness (QED) is 0.117. The third-order valence-electron chi connectivity index (χ3n) is 4.03. The molecule has 11 N–H and O–H groups in total. The number of rotatable bonds is 15. The van der Waals surface area contributed by atoms with E-state index in [0.29, 0.717) is 0 Å². The Labute approximate surface area is 182 Å². The number of carbonyl (C=O) groups is 7. The largest absolute Gasteiger partial charge is 0.481 e. The minimum absolute atomic E-state index is 0.236. The first-order chi connectivity index (χ1) is 14.7. The smallest absolute Gasteiger partial charge is 0.326 e. The van der Waals surface area contributed by atoms with Gasteiger partial charge in [0.25, 0.3) is 0 Å². The highest BCUT2D eigenvalue weighted by Gasteiger charge is 2.31. The number of amides is 5. The molecule has 0 radical (unpaired) electrons. The highest BCUT2D eigenvalue weighted by Crippen LogP contribution is 2.04. The summed E-state index contributed by atoms with van der Waals surface area (Å²) < 4.78 is 0. The molecule has 0 aromatic heterocycles. The average molecular weight is 460 g/mol. The van der Waals surface area contributed by atoms with Crippen molar-refractivity contribution in [1.82, 2.24) is 16.0 Å². The predicted octanol–water partition coefficient (Wildman–Crippen LogP) is -4.12. The van der Waals surface area contributed by atoms with Gasteiger partial charge < -0.3 is 43.4 Å². The second kappa shape index (κ2) is 13.5. The number of aliphatic carboxylic acids is 2. The lowest BCUT2D eigenvalue weighted by Gasteiger charge is -2.24. The Balaban J connectivity index is 5.56. The third kappa shape index (κ3) is 11.4. The van der Waals surface area contributed by atoms with Gasteiger partial charge in [-0.15, -0.1) is 0 Å². The summed E-state index contributed by atoms with van der Waals surface area (Å²) in [6.45, 7) is 1.34. The minimum Gasteiger partial charge on any atom is -0.481 e. The average Bonchev–Trinajstić information content (AvgIpc) is 2.66. The van der Waals surface area contributed by atoms with Crippen molar-refractivity contribution in [3.63, 3.8) is 0 Å². The molecule has 4 unspecified atom stereocenters. The van der Waals surface area contributed by atoms with E-state index in [4.69, 9.17) is 27.4 Å². The lowest BCUT2D eigenvalue weighted by atomic mass is 10.1. The van der Waals surface area contributed by atoms with Crippen LogP contribution in [0, 0.1) is 0 Å². The van der Waals surface area contributed by atoms with Crippen LogP contribution in [-0.4, -0.2) is 75.9 Å². The predicted molar refractivity (Wildman–Crippen MR) is 106 cm³/mol. The van der Waals surface area contributed by atoms with Gasteiger partial charge in [-0.05, 0) is 19.8 Å². The fourth-order valence-electron chi connectivity index (χ4n) is 2.33. The molecule has 0 spiro atoms. The molecule has 0 fully saturated rings. The number of primary amides is 2. The summed E-state index contributed by atoms with van der Waals surface area (Å²) in [5.41, 5.74) is 15.5. The van der Waals surface area contributed by atoms with Crippen molar-refractivity contribution in [2.45, 2.75) is 63.2 Å². The summed E-state index contributed by atoms with van der Waals surface area (Å²) in [5, 5.41) is 24.3. The normalized spacial score (nSPS) is 14.2. The summed E-state index contributed by atoms with van der Waals surface area (Å²) >= 11 is 0. The van der Waals surface area contributed by atoms with E-state index in [9.17, 15) is 33.6 Å². The molecule has 32 heavy (non-hydrogen) atoms. The lowest BCUT2D eigenvalue weighted by molar-refractivity contribution is -0.147. The number of hydrogen-bond acceptors (Lipinski definition) is 8. The van der Waals surface area contributed by atoms with Crippen LogP contribution in [-0.2, 0) is 33.6 Å². The zero-order valence-electron chi connectivity index (χ0n) is 17.3. The van der Waals surface area contributed by atoms with Gasteiger partial charge in [-0.2, -0.15) is 0 Å². The van der Waals surface area contributed by atoms with Crippen molar-refractivity contribution in [2.24, 2.45) is 17.2 Å². The van der Waals surface area contributed by atoms with Crippen LogP contribution in [0.25, 0.3) is 0 Å². The fraction of sp³-hybridized carbons (Fsp3) is 0.588. The van der Waals surface area contributed by atoms with Crippen LogP contribution in [0.15, 0.2) is 0 Å². The number of nitrogens with two attached hydrogens (primary N) is 3. The molecule has 180 valence electrons. The van der Waals surface area contributed by atoms with Crippen molar-refractivity contribution in [3.8, 4) is 0 Å². The number of carboxylic acids is 2. The Hall–Kier alpha value is -3.75. The van der Waals surface area contributed by atoms with Crippen molar-refractivity contribution >= 4 is 41.5 Å². The Morgan fingerprint density at radius 1 is 0.719 bits per heavy atom. The molecule has 0 saturated carbocycles. The second-order valence-corrected chi connectivity index (χ2v) is 6.92. The highest BCUT2D eigenvalue weighted by molar-refractivity contribution is 5.95. The monoisotopic (exact) mass is 460 g/mol. The van der Waals surface area contributed by atoms with Crippen LogP contribution in [0.3, 0.4) is 0 Å². The first-order valence-corrected chi connectivity index (χ1v) is 9.42. The van der Waals surface area contributed by atoms with Gasteiger partial charge in [0.1, 0.15) is 18.1 Å². The molecule has 0 aliphatic rings. The van der Waals surface area contributed by atoms with Crippen LogP contribution >= 0.6 is 0 Å². The van der Waals surface area contributed by atoms with Crippen molar-refractivity contribution in [2.75, 3.05) is 0 Å². The van der Waals surface area contributed by atoms with E-state index >= 15 is 0 Å². The topological polar surface area (TPSA) is 274 Å². The molecule has 5 amide bonds. The van der Waals surface area contributed by atoms with Crippen LogP contribution in [0.1, 0.15) is 39.0 Å². The van der Waals surface area contributed by atoms with Gasteiger partial charge in [0.15, 0.2) is 0 Å². The van der Waals surface area contributed by atoms with Crippen molar-refractivity contribution in [1.29, 1.82) is 0 Å². The summed E-state index contributed by atoms with van der Waals surface area (Å²) in [4.78, 5) is 81.1. The standard InChI is InChI=1S/C17H28N6O9/c1-7(18)14(28)21-8(2-4-11(19)24)15(29)22-9(3-5-12(20)25)16(30)23-10(17(31)32)6-13(26)27/h7-10H,2-6,18H2,1H3,(H2,19,24)(H2,20,25)(H,21,28)(H,22,29)(H,23,30)(H,26,27)(H,31,32). The fourth-order valence-corrected chi connectivity index (χ4v) is 2.33. The molecule has 15 nitrogen and oxygen atoms in total. The maximum Gasteiger partial charge on any atom is 0.326 e. The zero-order valence-corrected chi connectivity index (χ0v) is 17.3. The van der Waals surface area contributed by atoms with E-state index in [2.05, 4.69) is 10.6 Å².